The number of rotatable bonds is 5. The molecule has 0 aromatic heterocycles. The highest BCUT2D eigenvalue weighted by Crippen LogP contribution is 2.22. The smallest absolute Gasteiger partial charge is 0.239 e. The van der Waals surface area contributed by atoms with Gasteiger partial charge in [0.2, 0.25) is 5.91 Å². The molecule has 17 heavy (non-hydrogen) atoms. The first-order valence-corrected chi connectivity index (χ1v) is 5.76. The van der Waals surface area contributed by atoms with E-state index in [1.807, 2.05) is 13.0 Å². The summed E-state index contributed by atoms with van der Waals surface area (Å²) in [5.41, 5.74) is 0.934. The van der Waals surface area contributed by atoms with Crippen molar-refractivity contribution in [2.75, 3.05) is 18.4 Å². The van der Waals surface area contributed by atoms with E-state index >= 15 is 0 Å². The Labute approximate surface area is 106 Å². The molecule has 0 radical (unpaired) electrons. The van der Waals surface area contributed by atoms with Crippen molar-refractivity contribution in [1.82, 2.24) is 5.32 Å². The fourth-order valence-electron chi connectivity index (χ4n) is 1.29. The quantitative estimate of drug-likeness (QED) is 0.843. The molecule has 0 heterocycles. The lowest BCUT2D eigenvalue weighted by molar-refractivity contribution is -0.119. The molecule has 0 atom stereocenters. The first-order chi connectivity index (χ1) is 8.19. The highest BCUT2D eigenvalue weighted by Gasteiger charge is 2.07. The number of carbonyl (C=O) groups is 1. The third-order valence-electron chi connectivity index (χ3n) is 2.14. The van der Waals surface area contributed by atoms with Crippen LogP contribution in [0.1, 0.15) is 18.9 Å². The zero-order chi connectivity index (χ0) is 12.7. The zero-order valence-electron chi connectivity index (χ0n) is 9.59. The molecule has 0 aliphatic heterocycles. The summed E-state index contributed by atoms with van der Waals surface area (Å²) in [4.78, 5) is 11.4. The van der Waals surface area contributed by atoms with Gasteiger partial charge < -0.3 is 10.6 Å². The van der Waals surface area contributed by atoms with Gasteiger partial charge in [0.1, 0.15) is 6.07 Å². The van der Waals surface area contributed by atoms with Crippen LogP contribution >= 0.6 is 11.6 Å². The molecule has 0 unspecified atom stereocenters. The molecular formula is C12H14ClN3O. The second-order valence-electron chi connectivity index (χ2n) is 3.48. The van der Waals surface area contributed by atoms with E-state index in [0.717, 1.165) is 6.42 Å². The Morgan fingerprint density at radius 3 is 2.94 bits per heavy atom. The van der Waals surface area contributed by atoms with Crippen molar-refractivity contribution in [1.29, 1.82) is 5.26 Å². The molecule has 0 fully saturated rings. The summed E-state index contributed by atoms with van der Waals surface area (Å²) in [5.74, 6) is -0.101. The van der Waals surface area contributed by atoms with Crippen LogP contribution in [0.3, 0.4) is 0 Å². The molecule has 0 bridgehead atoms. The maximum Gasteiger partial charge on any atom is 0.239 e. The molecule has 0 saturated carbocycles. The van der Waals surface area contributed by atoms with Gasteiger partial charge in [-0.15, -0.1) is 0 Å². The van der Waals surface area contributed by atoms with E-state index in [2.05, 4.69) is 10.6 Å². The molecule has 0 aliphatic rings. The van der Waals surface area contributed by atoms with Gasteiger partial charge in [0.25, 0.3) is 0 Å². The van der Waals surface area contributed by atoms with Crippen molar-refractivity contribution in [2.24, 2.45) is 0 Å². The maximum atomic E-state index is 11.4. The highest BCUT2D eigenvalue weighted by molar-refractivity contribution is 6.32. The Kier molecular flexibility index (Phi) is 5.31. The van der Waals surface area contributed by atoms with E-state index in [9.17, 15) is 4.79 Å². The minimum atomic E-state index is -0.101. The lowest BCUT2D eigenvalue weighted by Gasteiger charge is -2.09. The van der Waals surface area contributed by atoms with Gasteiger partial charge in [-0.2, -0.15) is 5.26 Å². The van der Waals surface area contributed by atoms with Gasteiger partial charge >= 0.3 is 0 Å². The molecule has 0 spiro atoms. The van der Waals surface area contributed by atoms with Crippen LogP contribution in [0.25, 0.3) is 0 Å². The zero-order valence-corrected chi connectivity index (χ0v) is 10.3. The number of benzene rings is 1. The Hall–Kier alpha value is -1.73. The monoisotopic (exact) mass is 251 g/mol. The van der Waals surface area contributed by atoms with Crippen molar-refractivity contribution < 1.29 is 4.79 Å². The molecule has 0 saturated heterocycles. The first kappa shape index (κ1) is 13.3. The number of carbonyl (C=O) groups excluding carboxylic acids is 1. The normalized spacial score (nSPS) is 9.47. The van der Waals surface area contributed by atoms with Crippen LogP contribution in [0.5, 0.6) is 0 Å². The van der Waals surface area contributed by atoms with E-state index in [1.165, 1.54) is 0 Å². The minimum Gasteiger partial charge on any atom is -0.375 e. The summed E-state index contributed by atoms with van der Waals surface area (Å²) in [5, 5.41) is 14.9. The Balaban J connectivity index is 2.61. The molecule has 1 aromatic carbocycles. The Morgan fingerprint density at radius 1 is 1.53 bits per heavy atom. The number of anilines is 1. The summed E-state index contributed by atoms with van der Waals surface area (Å²) in [6.45, 7) is 2.77. The van der Waals surface area contributed by atoms with Crippen LogP contribution in [0.4, 0.5) is 5.69 Å². The number of hydrogen-bond donors (Lipinski definition) is 2. The summed E-state index contributed by atoms with van der Waals surface area (Å²) in [7, 11) is 0. The number of nitrogens with zero attached hydrogens (tertiary/aromatic N) is 1. The molecule has 5 heteroatoms. The predicted molar refractivity (Wildman–Crippen MR) is 68.0 cm³/mol. The molecule has 0 aliphatic carbocycles. The topological polar surface area (TPSA) is 64.9 Å². The number of halogens is 1. The molecule has 2 N–H and O–H groups in total. The van der Waals surface area contributed by atoms with Crippen LogP contribution in [0, 0.1) is 11.3 Å². The van der Waals surface area contributed by atoms with Gasteiger partial charge in [-0.25, -0.2) is 0 Å². The van der Waals surface area contributed by atoms with Crippen molar-refractivity contribution >= 4 is 23.2 Å². The van der Waals surface area contributed by atoms with Crippen LogP contribution in [0.15, 0.2) is 18.2 Å². The van der Waals surface area contributed by atoms with Crippen LogP contribution in [-0.2, 0) is 4.79 Å². The standard InChI is InChI=1S/C12H14ClN3O/c1-2-6-15-12(17)8-16-11-5-3-4-10(13)9(11)7-14/h3-5,16H,2,6,8H2,1H3,(H,15,17). The van der Waals surface area contributed by atoms with Crippen LogP contribution < -0.4 is 10.6 Å². The summed E-state index contributed by atoms with van der Waals surface area (Å²) in [6.07, 6.45) is 0.895. The largest absolute Gasteiger partial charge is 0.375 e. The van der Waals surface area contributed by atoms with Crippen molar-refractivity contribution in [2.45, 2.75) is 13.3 Å². The SMILES string of the molecule is CCCNC(=O)CNc1cccc(Cl)c1C#N. The Bertz CT molecular complexity index is 440. The summed E-state index contributed by atoms with van der Waals surface area (Å²) in [6, 6.07) is 7.10. The summed E-state index contributed by atoms with van der Waals surface area (Å²) < 4.78 is 0. The lowest BCUT2D eigenvalue weighted by atomic mass is 10.2. The third-order valence-corrected chi connectivity index (χ3v) is 2.45. The van der Waals surface area contributed by atoms with E-state index in [0.29, 0.717) is 22.8 Å². The highest BCUT2D eigenvalue weighted by atomic mass is 35.5. The number of nitrogens with one attached hydrogen (secondary N) is 2. The van der Waals surface area contributed by atoms with Gasteiger partial charge in [0.15, 0.2) is 0 Å². The second-order valence-corrected chi connectivity index (χ2v) is 3.88. The average Bonchev–Trinajstić information content (AvgIpc) is 2.33. The van der Waals surface area contributed by atoms with E-state index in [-0.39, 0.29) is 12.5 Å². The number of nitriles is 1. The van der Waals surface area contributed by atoms with Crippen LogP contribution in [-0.4, -0.2) is 19.0 Å². The number of hydrogen-bond acceptors (Lipinski definition) is 3. The second kappa shape index (κ2) is 6.77. The van der Waals surface area contributed by atoms with Gasteiger partial charge in [-0.05, 0) is 18.6 Å². The van der Waals surface area contributed by atoms with Crippen molar-refractivity contribution in [3.63, 3.8) is 0 Å². The fraction of sp³-hybridized carbons (Fsp3) is 0.333. The molecule has 90 valence electrons. The number of amides is 1. The fourth-order valence-corrected chi connectivity index (χ4v) is 1.50. The third kappa shape index (κ3) is 3.97. The van der Waals surface area contributed by atoms with Gasteiger partial charge in [0.05, 0.1) is 22.8 Å². The lowest BCUT2D eigenvalue weighted by Crippen LogP contribution is -2.30. The van der Waals surface area contributed by atoms with Crippen molar-refractivity contribution in [3.05, 3.63) is 28.8 Å². The van der Waals surface area contributed by atoms with E-state index in [4.69, 9.17) is 16.9 Å². The van der Waals surface area contributed by atoms with Gasteiger partial charge in [-0.1, -0.05) is 24.6 Å². The van der Waals surface area contributed by atoms with E-state index < -0.39 is 0 Å². The van der Waals surface area contributed by atoms with Crippen LogP contribution in [0.2, 0.25) is 5.02 Å². The first-order valence-electron chi connectivity index (χ1n) is 5.38. The maximum absolute atomic E-state index is 11.4. The molecule has 1 amide bonds. The van der Waals surface area contributed by atoms with Gasteiger partial charge in [-0.3, -0.25) is 4.79 Å². The molecule has 4 nitrogen and oxygen atoms in total. The molecule has 1 rings (SSSR count). The molecular weight excluding hydrogens is 238 g/mol. The predicted octanol–water partition coefficient (Wildman–Crippen LogP) is 2.15. The average molecular weight is 252 g/mol. The van der Waals surface area contributed by atoms with E-state index in [1.54, 1.807) is 18.2 Å². The molecule has 1 aromatic rings. The Morgan fingerprint density at radius 2 is 2.29 bits per heavy atom. The minimum absolute atomic E-state index is 0.101. The summed E-state index contributed by atoms with van der Waals surface area (Å²) >= 11 is 5.87. The van der Waals surface area contributed by atoms with Gasteiger partial charge in [0, 0.05) is 6.54 Å². The van der Waals surface area contributed by atoms with Crippen molar-refractivity contribution in [3.8, 4) is 6.07 Å².